The van der Waals surface area contributed by atoms with Crippen LogP contribution in [0.3, 0.4) is 0 Å². The first-order valence-corrected chi connectivity index (χ1v) is 9.83. The third-order valence-corrected chi connectivity index (χ3v) is 5.93. The number of anilines is 1. The monoisotopic (exact) mass is 358 g/mol. The van der Waals surface area contributed by atoms with Gasteiger partial charge in [0, 0.05) is 43.3 Å². The Bertz CT molecular complexity index is 625. The Morgan fingerprint density at radius 2 is 2.04 bits per heavy atom. The molecule has 1 spiro atoms. The Kier molecular flexibility index (Phi) is 5.16. The number of rotatable bonds is 2. The van der Waals surface area contributed by atoms with E-state index >= 15 is 0 Å². The SMILES string of the molecule is CC1CC(C(=O)N2CCCC3(COCCN(c4ccccc4)C3)C2)NN1. The number of hydrazine groups is 1. The maximum atomic E-state index is 13.0. The number of benzene rings is 1. The molecule has 0 radical (unpaired) electrons. The first kappa shape index (κ1) is 17.8. The molecule has 0 bridgehead atoms. The van der Waals surface area contributed by atoms with Crippen molar-refractivity contribution in [3.8, 4) is 0 Å². The van der Waals surface area contributed by atoms with Gasteiger partial charge in [-0.25, -0.2) is 5.43 Å². The van der Waals surface area contributed by atoms with E-state index in [1.54, 1.807) is 0 Å². The zero-order valence-electron chi connectivity index (χ0n) is 15.6. The number of amides is 1. The summed E-state index contributed by atoms with van der Waals surface area (Å²) in [6, 6.07) is 10.8. The molecule has 1 amide bonds. The van der Waals surface area contributed by atoms with Gasteiger partial charge in [-0.3, -0.25) is 10.2 Å². The molecule has 3 saturated heterocycles. The highest BCUT2D eigenvalue weighted by Gasteiger charge is 2.42. The summed E-state index contributed by atoms with van der Waals surface area (Å²) in [7, 11) is 0. The molecule has 0 aliphatic carbocycles. The van der Waals surface area contributed by atoms with E-state index in [1.165, 1.54) is 5.69 Å². The van der Waals surface area contributed by atoms with E-state index in [2.05, 4.69) is 57.9 Å². The van der Waals surface area contributed by atoms with Gasteiger partial charge in [0.15, 0.2) is 0 Å². The molecule has 3 aliphatic heterocycles. The van der Waals surface area contributed by atoms with E-state index < -0.39 is 0 Å². The van der Waals surface area contributed by atoms with Crippen LogP contribution in [0.4, 0.5) is 5.69 Å². The molecule has 2 N–H and O–H groups in total. The third kappa shape index (κ3) is 3.72. The summed E-state index contributed by atoms with van der Waals surface area (Å²) in [4.78, 5) is 17.5. The topological polar surface area (TPSA) is 56.8 Å². The summed E-state index contributed by atoms with van der Waals surface area (Å²) >= 11 is 0. The molecule has 4 rings (SSSR count). The van der Waals surface area contributed by atoms with Crippen molar-refractivity contribution in [2.75, 3.05) is 44.3 Å². The first-order chi connectivity index (χ1) is 12.7. The number of likely N-dealkylation sites (tertiary alicyclic amines) is 1. The number of ether oxygens (including phenoxy) is 1. The van der Waals surface area contributed by atoms with Crippen LogP contribution in [0.2, 0.25) is 0 Å². The largest absolute Gasteiger partial charge is 0.379 e. The predicted molar refractivity (Wildman–Crippen MR) is 102 cm³/mol. The molecule has 142 valence electrons. The molecule has 1 aromatic carbocycles. The minimum absolute atomic E-state index is 0.0257. The van der Waals surface area contributed by atoms with Gasteiger partial charge in [0.05, 0.1) is 13.2 Å². The standard InChI is InChI=1S/C20H30N4O2/c1-16-12-18(22-21-16)19(25)24-9-5-8-20(14-24)13-23(10-11-26-15-20)17-6-3-2-4-7-17/h2-4,6-7,16,18,21-22H,5,8-15H2,1H3. The van der Waals surface area contributed by atoms with Crippen molar-refractivity contribution >= 4 is 11.6 Å². The number of carbonyl (C=O) groups excluding carboxylic acids is 1. The Hall–Kier alpha value is -1.63. The summed E-state index contributed by atoms with van der Waals surface area (Å²) in [6.45, 7) is 7.11. The van der Waals surface area contributed by atoms with E-state index in [9.17, 15) is 4.79 Å². The van der Waals surface area contributed by atoms with Gasteiger partial charge in [-0.15, -0.1) is 0 Å². The average molecular weight is 358 g/mol. The molecule has 3 heterocycles. The van der Waals surface area contributed by atoms with E-state index in [0.29, 0.717) is 6.04 Å². The predicted octanol–water partition coefficient (Wildman–Crippen LogP) is 1.39. The fraction of sp³-hybridized carbons (Fsp3) is 0.650. The summed E-state index contributed by atoms with van der Waals surface area (Å²) in [5, 5.41) is 0. The van der Waals surface area contributed by atoms with Crippen molar-refractivity contribution in [1.82, 2.24) is 15.8 Å². The number of hydrogen-bond acceptors (Lipinski definition) is 5. The molecule has 1 aromatic rings. The minimum atomic E-state index is -0.0999. The van der Waals surface area contributed by atoms with Crippen LogP contribution in [0.15, 0.2) is 30.3 Å². The van der Waals surface area contributed by atoms with Crippen LogP contribution in [-0.2, 0) is 9.53 Å². The van der Waals surface area contributed by atoms with Gasteiger partial charge in [-0.05, 0) is 38.3 Å². The number of nitrogens with one attached hydrogen (secondary N) is 2. The lowest BCUT2D eigenvalue weighted by molar-refractivity contribution is -0.137. The van der Waals surface area contributed by atoms with E-state index in [0.717, 1.165) is 58.7 Å². The maximum Gasteiger partial charge on any atom is 0.241 e. The van der Waals surface area contributed by atoms with Crippen LogP contribution in [0.25, 0.3) is 0 Å². The quantitative estimate of drug-likeness (QED) is 0.837. The second kappa shape index (κ2) is 7.55. The summed E-state index contributed by atoms with van der Waals surface area (Å²) < 4.78 is 6.00. The minimum Gasteiger partial charge on any atom is -0.379 e. The summed E-state index contributed by atoms with van der Waals surface area (Å²) in [5.74, 6) is 0.233. The van der Waals surface area contributed by atoms with Crippen molar-refractivity contribution in [3.63, 3.8) is 0 Å². The maximum absolute atomic E-state index is 13.0. The molecular weight excluding hydrogens is 328 g/mol. The number of nitrogens with zero attached hydrogens (tertiary/aromatic N) is 2. The van der Waals surface area contributed by atoms with Crippen LogP contribution in [0.5, 0.6) is 0 Å². The Labute approximate surface area is 155 Å². The normalized spacial score (nSPS) is 32.7. The molecule has 26 heavy (non-hydrogen) atoms. The van der Waals surface area contributed by atoms with Crippen LogP contribution < -0.4 is 15.8 Å². The number of para-hydroxylation sites is 1. The third-order valence-electron chi connectivity index (χ3n) is 5.93. The van der Waals surface area contributed by atoms with E-state index in [4.69, 9.17) is 4.74 Å². The van der Waals surface area contributed by atoms with Crippen molar-refractivity contribution < 1.29 is 9.53 Å². The number of carbonyl (C=O) groups is 1. The van der Waals surface area contributed by atoms with Crippen LogP contribution in [0, 0.1) is 5.41 Å². The Morgan fingerprint density at radius 1 is 1.19 bits per heavy atom. The van der Waals surface area contributed by atoms with Gasteiger partial charge in [-0.1, -0.05) is 18.2 Å². The van der Waals surface area contributed by atoms with Crippen molar-refractivity contribution in [2.45, 2.75) is 38.3 Å². The molecule has 3 aliphatic rings. The molecule has 3 atom stereocenters. The van der Waals surface area contributed by atoms with Gasteiger partial charge >= 0.3 is 0 Å². The van der Waals surface area contributed by atoms with E-state index in [1.807, 2.05) is 0 Å². The molecule has 3 unspecified atom stereocenters. The van der Waals surface area contributed by atoms with Gasteiger partial charge in [-0.2, -0.15) is 0 Å². The van der Waals surface area contributed by atoms with Gasteiger partial charge < -0.3 is 14.5 Å². The van der Waals surface area contributed by atoms with Gasteiger partial charge in [0.25, 0.3) is 0 Å². The fourth-order valence-corrected chi connectivity index (χ4v) is 4.59. The average Bonchev–Trinajstić information content (AvgIpc) is 3.00. The highest BCUT2D eigenvalue weighted by Crippen LogP contribution is 2.35. The van der Waals surface area contributed by atoms with Gasteiger partial charge in [0.1, 0.15) is 6.04 Å². The molecule has 3 fully saturated rings. The lowest BCUT2D eigenvalue weighted by Crippen LogP contribution is -2.55. The second-order valence-electron chi connectivity index (χ2n) is 8.15. The highest BCUT2D eigenvalue weighted by molar-refractivity contribution is 5.82. The zero-order valence-corrected chi connectivity index (χ0v) is 15.6. The lowest BCUT2D eigenvalue weighted by Gasteiger charge is -2.44. The highest BCUT2D eigenvalue weighted by atomic mass is 16.5. The van der Waals surface area contributed by atoms with Crippen LogP contribution in [0.1, 0.15) is 26.2 Å². The second-order valence-corrected chi connectivity index (χ2v) is 8.15. The van der Waals surface area contributed by atoms with Crippen LogP contribution >= 0.6 is 0 Å². The smallest absolute Gasteiger partial charge is 0.241 e. The Morgan fingerprint density at radius 3 is 2.81 bits per heavy atom. The van der Waals surface area contributed by atoms with Crippen molar-refractivity contribution in [2.24, 2.45) is 5.41 Å². The zero-order chi connectivity index (χ0) is 18.0. The molecule has 6 nitrogen and oxygen atoms in total. The van der Waals surface area contributed by atoms with E-state index in [-0.39, 0.29) is 17.4 Å². The summed E-state index contributed by atoms with van der Waals surface area (Å²) in [6.07, 6.45) is 3.02. The molecule has 0 aromatic heterocycles. The van der Waals surface area contributed by atoms with Crippen molar-refractivity contribution in [1.29, 1.82) is 0 Å². The number of piperidine rings is 1. The van der Waals surface area contributed by atoms with Crippen molar-refractivity contribution in [3.05, 3.63) is 30.3 Å². The first-order valence-electron chi connectivity index (χ1n) is 9.83. The lowest BCUT2D eigenvalue weighted by atomic mass is 9.79. The fourth-order valence-electron chi connectivity index (χ4n) is 4.59. The Balaban J connectivity index is 1.48. The number of hydrogen-bond donors (Lipinski definition) is 2. The van der Waals surface area contributed by atoms with Crippen LogP contribution in [-0.4, -0.2) is 62.3 Å². The molecule has 0 saturated carbocycles. The van der Waals surface area contributed by atoms with Gasteiger partial charge in [0.2, 0.25) is 5.91 Å². The molecular formula is C20H30N4O2. The molecule has 6 heteroatoms. The summed E-state index contributed by atoms with van der Waals surface area (Å²) in [5.41, 5.74) is 7.60.